The Morgan fingerprint density at radius 2 is 1.81 bits per heavy atom. The fourth-order valence-corrected chi connectivity index (χ4v) is 4.75. The Hall–Kier alpha value is -2.71. The van der Waals surface area contributed by atoms with Crippen molar-refractivity contribution in [2.24, 2.45) is 9.98 Å². The van der Waals surface area contributed by atoms with Crippen LogP contribution in [0.1, 0.15) is 25.3 Å². The summed E-state index contributed by atoms with van der Waals surface area (Å²) in [6.07, 6.45) is 1.68. The van der Waals surface area contributed by atoms with Crippen molar-refractivity contribution >= 4 is 34.1 Å². The third-order valence-electron chi connectivity index (χ3n) is 5.77. The van der Waals surface area contributed by atoms with Gasteiger partial charge in [-0.2, -0.15) is 0 Å². The number of amides is 1. The molecule has 168 valence electrons. The zero-order valence-corrected chi connectivity index (χ0v) is 19.1. The van der Waals surface area contributed by atoms with Crippen molar-refractivity contribution in [3.63, 3.8) is 0 Å². The van der Waals surface area contributed by atoms with Crippen LogP contribution in [0.15, 0.2) is 58.5 Å². The summed E-state index contributed by atoms with van der Waals surface area (Å²) in [5.41, 5.74) is 1.80. The van der Waals surface area contributed by atoms with Gasteiger partial charge in [0, 0.05) is 37.2 Å². The molecule has 4 rings (SSSR count). The fourth-order valence-electron chi connectivity index (χ4n) is 3.88. The fraction of sp³-hybridized carbons (Fsp3) is 0.375. The van der Waals surface area contributed by atoms with Gasteiger partial charge in [-0.05, 0) is 55.1 Å². The van der Waals surface area contributed by atoms with Gasteiger partial charge < -0.3 is 15.0 Å². The maximum absolute atomic E-state index is 13.5. The Kier molecular flexibility index (Phi) is 6.91. The number of benzene rings is 2. The van der Waals surface area contributed by atoms with E-state index in [1.165, 1.54) is 23.9 Å². The molecule has 2 aliphatic rings. The number of halogens is 1. The van der Waals surface area contributed by atoms with Crippen LogP contribution < -0.4 is 10.1 Å². The van der Waals surface area contributed by atoms with E-state index in [1.54, 1.807) is 43.5 Å². The number of anilines is 1. The van der Waals surface area contributed by atoms with Gasteiger partial charge in [0.1, 0.15) is 16.6 Å². The van der Waals surface area contributed by atoms with Crippen LogP contribution in [0.25, 0.3) is 0 Å². The number of piperidine rings is 1. The van der Waals surface area contributed by atoms with Crippen molar-refractivity contribution in [3.8, 4) is 5.75 Å². The van der Waals surface area contributed by atoms with E-state index >= 15 is 0 Å². The van der Waals surface area contributed by atoms with E-state index in [9.17, 15) is 9.18 Å². The molecule has 2 heterocycles. The second kappa shape index (κ2) is 9.83. The summed E-state index contributed by atoms with van der Waals surface area (Å²) < 4.78 is 18.6. The highest BCUT2D eigenvalue weighted by Crippen LogP contribution is 2.35. The molecule has 2 aromatic rings. The minimum Gasteiger partial charge on any atom is -0.497 e. The van der Waals surface area contributed by atoms with E-state index in [4.69, 9.17) is 14.7 Å². The molecule has 0 aromatic heterocycles. The van der Waals surface area contributed by atoms with Crippen molar-refractivity contribution < 1.29 is 13.9 Å². The number of nitrogens with one attached hydrogen (secondary N) is 1. The van der Waals surface area contributed by atoms with Crippen LogP contribution in [-0.4, -0.2) is 59.7 Å². The second-order valence-electron chi connectivity index (χ2n) is 7.87. The van der Waals surface area contributed by atoms with Crippen molar-refractivity contribution in [3.05, 3.63) is 59.9 Å². The molecule has 0 unspecified atom stereocenters. The summed E-state index contributed by atoms with van der Waals surface area (Å²) >= 11 is 1.38. The molecule has 0 bridgehead atoms. The number of carbonyl (C=O) groups excluding carboxylic acids is 1. The lowest BCUT2D eigenvalue weighted by molar-refractivity contribution is -0.113. The predicted octanol–water partition coefficient (Wildman–Crippen LogP) is 4.22. The first-order valence-corrected chi connectivity index (χ1v) is 11.7. The normalized spacial score (nSPS) is 17.7. The van der Waals surface area contributed by atoms with Crippen LogP contribution in [0.4, 0.5) is 10.1 Å². The van der Waals surface area contributed by atoms with Gasteiger partial charge in [0.2, 0.25) is 5.91 Å². The molecule has 8 heteroatoms. The van der Waals surface area contributed by atoms with Crippen molar-refractivity contribution in [1.82, 2.24) is 4.90 Å². The Morgan fingerprint density at radius 1 is 1.12 bits per heavy atom. The van der Waals surface area contributed by atoms with Crippen LogP contribution in [0.5, 0.6) is 5.75 Å². The highest BCUT2D eigenvalue weighted by molar-refractivity contribution is 8.16. The lowest BCUT2D eigenvalue weighted by atomic mass is 9.98. The number of nitrogens with zero attached hydrogens (tertiary/aromatic N) is 3. The molecule has 32 heavy (non-hydrogen) atoms. The number of hydrogen-bond acceptors (Lipinski definition) is 6. The smallest absolute Gasteiger partial charge is 0.234 e. The number of methoxy groups -OCH3 is 1. The van der Waals surface area contributed by atoms with E-state index in [2.05, 4.69) is 17.1 Å². The second-order valence-corrected chi connectivity index (χ2v) is 8.83. The van der Waals surface area contributed by atoms with Crippen LogP contribution in [0.2, 0.25) is 0 Å². The minimum absolute atomic E-state index is 0.122. The van der Waals surface area contributed by atoms with Gasteiger partial charge in [0.25, 0.3) is 0 Å². The molecule has 1 N–H and O–H groups in total. The number of rotatable bonds is 6. The average molecular weight is 455 g/mol. The van der Waals surface area contributed by atoms with Gasteiger partial charge in [-0.25, -0.2) is 9.38 Å². The number of hydrogen-bond donors (Lipinski definition) is 1. The summed E-state index contributed by atoms with van der Waals surface area (Å²) in [5, 5.41) is 3.64. The van der Waals surface area contributed by atoms with Crippen LogP contribution in [-0.2, 0) is 4.79 Å². The molecular weight excluding hydrogens is 427 g/mol. The summed E-state index contributed by atoms with van der Waals surface area (Å²) in [5.74, 6) is 0.533. The number of thioether (sulfide) groups is 1. The summed E-state index contributed by atoms with van der Waals surface area (Å²) in [6.45, 7) is 5.06. The molecular formula is C24H27FN4O2S. The standard InChI is InChI=1S/C24H27FN4O2S/c1-3-29-14-12-24(13-15-29)27-22(17-4-6-18(25)7-5-17)23(28-24)32-16-21(30)26-19-8-10-20(31-2)11-9-19/h4-11H,3,12-16H2,1-2H3,(H,26,30). The first-order valence-electron chi connectivity index (χ1n) is 10.8. The maximum Gasteiger partial charge on any atom is 0.234 e. The predicted molar refractivity (Wildman–Crippen MR) is 129 cm³/mol. The van der Waals surface area contributed by atoms with Gasteiger partial charge in [-0.1, -0.05) is 18.7 Å². The molecule has 1 amide bonds. The van der Waals surface area contributed by atoms with E-state index in [0.717, 1.165) is 54.5 Å². The summed E-state index contributed by atoms with van der Waals surface area (Å²) in [4.78, 5) is 24.9. The molecule has 1 saturated heterocycles. The highest BCUT2D eigenvalue weighted by atomic mass is 32.2. The third-order valence-corrected chi connectivity index (χ3v) is 6.73. The number of carbonyl (C=O) groups is 1. The van der Waals surface area contributed by atoms with Crippen molar-refractivity contribution in [1.29, 1.82) is 0 Å². The SMILES string of the molecule is CCN1CCC2(CC1)N=C(SCC(=O)Nc1ccc(OC)cc1)C(c1ccc(F)cc1)=N2. The summed E-state index contributed by atoms with van der Waals surface area (Å²) in [7, 11) is 1.60. The number of aliphatic imine (C=N–C) groups is 2. The first kappa shape index (κ1) is 22.5. The first-order chi connectivity index (χ1) is 15.5. The zero-order chi connectivity index (χ0) is 22.6. The van der Waals surface area contributed by atoms with E-state index < -0.39 is 5.66 Å². The Bertz CT molecular complexity index is 1010. The average Bonchev–Trinajstić information content (AvgIpc) is 3.17. The largest absolute Gasteiger partial charge is 0.497 e. The summed E-state index contributed by atoms with van der Waals surface area (Å²) in [6, 6.07) is 13.5. The number of ether oxygens (including phenoxy) is 1. The molecule has 1 spiro atoms. The Balaban J connectivity index is 1.48. The van der Waals surface area contributed by atoms with E-state index in [0.29, 0.717) is 5.69 Å². The minimum atomic E-state index is -0.482. The molecule has 0 saturated carbocycles. The lowest BCUT2D eigenvalue weighted by Crippen LogP contribution is -2.41. The molecule has 0 atom stereocenters. The van der Waals surface area contributed by atoms with E-state index in [1.807, 2.05) is 0 Å². The molecule has 1 fully saturated rings. The van der Waals surface area contributed by atoms with Crippen molar-refractivity contribution in [2.75, 3.05) is 37.8 Å². The number of likely N-dealkylation sites (tertiary alicyclic amines) is 1. The highest BCUT2D eigenvalue weighted by Gasteiger charge is 2.39. The molecule has 0 aliphatic carbocycles. The van der Waals surface area contributed by atoms with Gasteiger partial charge in [0.15, 0.2) is 5.66 Å². The zero-order valence-electron chi connectivity index (χ0n) is 18.3. The van der Waals surface area contributed by atoms with Gasteiger partial charge in [0.05, 0.1) is 18.6 Å². The molecule has 6 nitrogen and oxygen atoms in total. The van der Waals surface area contributed by atoms with Crippen LogP contribution in [0, 0.1) is 5.82 Å². The van der Waals surface area contributed by atoms with Gasteiger partial charge in [-0.15, -0.1) is 0 Å². The molecule has 2 aromatic carbocycles. The van der Waals surface area contributed by atoms with E-state index in [-0.39, 0.29) is 17.5 Å². The van der Waals surface area contributed by atoms with Gasteiger partial charge in [-0.3, -0.25) is 9.79 Å². The monoisotopic (exact) mass is 454 g/mol. The quantitative estimate of drug-likeness (QED) is 0.710. The molecule has 2 aliphatic heterocycles. The Labute approximate surface area is 192 Å². The topological polar surface area (TPSA) is 66.3 Å². The van der Waals surface area contributed by atoms with Crippen LogP contribution >= 0.6 is 11.8 Å². The van der Waals surface area contributed by atoms with Gasteiger partial charge >= 0.3 is 0 Å². The third kappa shape index (κ3) is 5.19. The van der Waals surface area contributed by atoms with Crippen LogP contribution in [0.3, 0.4) is 0 Å². The molecule has 0 radical (unpaired) electrons. The maximum atomic E-state index is 13.5. The lowest BCUT2D eigenvalue weighted by Gasteiger charge is -2.34. The van der Waals surface area contributed by atoms with Crippen molar-refractivity contribution in [2.45, 2.75) is 25.4 Å². The Morgan fingerprint density at radius 3 is 2.44 bits per heavy atom.